The number of hydrogen-bond donors (Lipinski definition) is 2. The molecule has 240 valence electrons. The van der Waals surface area contributed by atoms with Crippen molar-refractivity contribution in [2.24, 2.45) is 7.05 Å². The van der Waals surface area contributed by atoms with Crippen LogP contribution in [-0.4, -0.2) is 53.4 Å². The Morgan fingerprint density at radius 1 is 0.913 bits per heavy atom. The number of aryl methyl sites for hydroxylation is 2. The van der Waals surface area contributed by atoms with Crippen LogP contribution in [-0.2, 0) is 31.5 Å². The highest BCUT2D eigenvalue weighted by Gasteiger charge is 2.16. The molecule has 0 aliphatic carbocycles. The second kappa shape index (κ2) is 14.0. The Hall–Kier alpha value is -4.89. The Bertz CT molecular complexity index is 2240. The average Bonchev–Trinajstić information content (AvgIpc) is 3.31. The summed E-state index contributed by atoms with van der Waals surface area (Å²) in [6.07, 6.45) is 5.32. The first-order valence-electron chi connectivity index (χ1n) is 13.8. The molecule has 0 fully saturated rings. The SMILES string of the molecule is CCS(=O)(=O)OC.Cc1ccc(S(=O)(=O)O)cc1.Cn1c(=O)n(-c2ccc(N)cc2)c2c3cc(-c4cccnc4)ccc3ncc21. The van der Waals surface area contributed by atoms with Crippen LogP contribution in [0.5, 0.6) is 0 Å². The first-order valence-corrected chi connectivity index (χ1v) is 16.9. The van der Waals surface area contributed by atoms with E-state index in [9.17, 15) is 21.6 Å². The lowest BCUT2D eigenvalue weighted by molar-refractivity contribution is 0.399. The zero-order valence-corrected chi connectivity index (χ0v) is 27.2. The number of pyridine rings is 2. The summed E-state index contributed by atoms with van der Waals surface area (Å²) in [5.41, 5.74) is 12.5. The van der Waals surface area contributed by atoms with Crippen molar-refractivity contribution in [3.8, 4) is 16.8 Å². The van der Waals surface area contributed by atoms with Gasteiger partial charge in [-0.2, -0.15) is 16.8 Å². The predicted molar refractivity (Wildman–Crippen MR) is 179 cm³/mol. The molecule has 12 nitrogen and oxygen atoms in total. The quantitative estimate of drug-likeness (QED) is 0.149. The van der Waals surface area contributed by atoms with Gasteiger partial charge in [-0.05, 0) is 74.0 Å². The Morgan fingerprint density at radius 2 is 1.59 bits per heavy atom. The van der Waals surface area contributed by atoms with Gasteiger partial charge in [-0.25, -0.2) is 4.79 Å². The van der Waals surface area contributed by atoms with Crippen molar-refractivity contribution in [1.82, 2.24) is 19.1 Å². The number of benzene rings is 3. The smallest absolute Gasteiger partial charge is 0.333 e. The Morgan fingerprint density at radius 3 is 2.13 bits per heavy atom. The maximum Gasteiger partial charge on any atom is 0.333 e. The molecule has 0 unspecified atom stereocenters. The van der Waals surface area contributed by atoms with Gasteiger partial charge in [0.2, 0.25) is 0 Å². The molecule has 0 radical (unpaired) electrons. The molecule has 3 N–H and O–H groups in total. The fraction of sp³-hybridized carbons (Fsp3) is 0.156. The van der Waals surface area contributed by atoms with Crippen LogP contribution in [0.3, 0.4) is 0 Å². The molecule has 3 heterocycles. The van der Waals surface area contributed by atoms with Gasteiger partial charge < -0.3 is 5.73 Å². The first kappa shape index (κ1) is 34.0. The van der Waals surface area contributed by atoms with E-state index < -0.39 is 20.2 Å². The number of nitrogen functional groups attached to an aromatic ring is 1. The van der Waals surface area contributed by atoms with Crippen molar-refractivity contribution in [1.29, 1.82) is 0 Å². The highest BCUT2D eigenvalue weighted by atomic mass is 32.2. The van der Waals surface area contributed by atoms with Crippen LogP contribution in [0.25, 0.3) is 38.8 Å². The van der Waals surface area contributed by atoms with Crippen LogP contribution >= 0.6 is 0 Å². The summed E-state index contributed by atoms with van der Waals surface area (Å²) in [5.74, 6) is 0.0451. The highest BCUT2D eigenvalue weighted by molar-refractivity contribution is 7.86. The van der Waals surface area contributed by atoms with Gasteiger partial charge in [-0.15, -0.1) is 0 Å². The van der Waals surface area contributed by atoms with E-state index in [1.54, 1.807) is 52.8 Å². The molecule has 0 saturated heterocycles. The predicted octanol–water partition coefficient (Wildman–Crippen LogP) is 4.75. The van der Waals surface area contributed by atoms with Crippen LogP contribution in [0.4, 0.5) is 5.69 Å². The number of fused-ring (bicyclic) bond motifs is 3. The Labute approximate surface area is 266 Å². The minimum absolute atomic E-state index is 0.0451. The summed E-state index contributed by atoms with van der Waals surface area (Å²) >= 11 is 0. The van der Waals surface area contributed by atoms with E-state index in [1.165, 1.54) is 19.1 Å². The lowest BCUT2D eigenvalue weighted by Gasteiger charge is -2.08. The molecular weight excluding hydrogens is 631 g/mol. The monoisotopic (exact) mass is 663 g/mol. The molecule has 14 heteroatoms. The number of hydrogen-bond acceptors (Lipinski definition) is 9. The third kappa shape index (κ3) is 7.84. The molecule has 0 amide bonds. The summed E-state index contributed by atoms with van der Waals surface area (Å²) in [4.78, 5) is 21.7. The van der Waals surface area contributed by atoms with E-state index in [-0.39, 0.29) is 16.3 Å². The summed E-state index contributed by atoms with van der Waals surface area (Å²) in [6.45, 7) is 3.37. The fourth-order valence-electron chi connectivity index (χ4n) is 4.40. The van der Waals surface area contributed by atoms with Crippen LogP contribution < -0.4 is 11.4 Å². The molecule has 0 saturated carbocycles. The largest absolute Gasteiger partial charge is 0.399 e. The molecule has 0 aliphatic rings. The van der Waals surface area contributed by atoms with Gasteiger partial charge in [-0.1, -0.05) is 29.8 Å². The summed E-state index contributed by atoms with van der Waals surface area (Å²) in [6, 6.07) is 23.3. The maximum absolute atomic E-state index is 13.0. The van der Waals surface area contributed by atoms with E-state index in [0.717, 1.165) is 51.4 Å². The molecular formula is C32H33N5O7S2. The van der Waals surface area contributed by atoms with Crippen molar-refractivity contribution in [2.75, 3.05) is 18.6 Å². The molecule has 0 spiro atoms. The second-order valence-corrected chi connectivity index (χ2v) is 13.5. The van der Waals surface area contributed by atoms with Gasteiger partial charge in [-0.3, -0.25) is 27.8 Å². The van der Waals surface area contributed by atoms with Crippen molar-refractivity contribution < 1.29 is 25.6 Å². The number of anilines is 1. The molecule has 0 bridgehead atoms. The van der Waals surface area contributed by atoms with Crippen molar-refractivity contribution in [3.05, 3.63) is 114 Å². The Kier molecular flexibility index (Phi) is 10.4. The van der Waals surface area contributed by atoms with E-state index in [0.29, 0.717) is 5.69 Å². The van der Waals surface area contributed by atoms with Crippen LogP contribution in [0.2, 0.25) is 0 Å². The molecule has 46 heavy (non-hydrogen) atoms. The van der Waals surface area contributed by atoms with Gasteiger partial charge in [0, 0.05) is 36.1 Å². The topological polar surface area (TPSA) is 176 Å². The van der Waals surface area contributed by atoms with Gasteiger partial charge in [0.1, 0.15) is 0 Å². The van der Waals surface area contributed by atoms with Gasteiger partial charge in [0.25, 0.3) is 20.2 Å². The number of rotatable bonds is 5. The third-order valence-electron chi connectivity index (χ3n) is 6.96. The highest BCUT2D eigenvalue weighted by Crippen LogP contribution is 2.29. The first-order chi connectivity index (χ1) is 21.8. The molecule has 0 atom stereocenters. The zero-order valence-electron chi connectivity index (χ0n) is 25.5. The van der Waals surface area contributed by atoms with Crippen LogP contribution in [0.15, 0.2) is 107 Å². The standard InChI is InChI=1S/C22H17N5O.C7H8O3S.C3H8O3S/c1-26-20-13-25-19-9-4-14(15-3-2-10-24-12-15)11-18(19)21(20)27(22(26)28)17-7-5-16(23)6-8-17;1-6-2-4-7(5-3-6)11(8,9)10;1-3-7(4,5)6-2/h2-13H,23H2,1H3;2-5H,1H3,(H,8,9,10);3H2,1-2H3. The van der Waals surface area contributed by atoms with E-state index in [4.69, 9.17) is 10.3 Å². The second-order valence-electron chi connectivity index (χ2n) is 10.0. The normalized spacial score (nSPS) is 11.4. The number of imidazole rings is 1. The molecule has 0 aliphatic heterocycles. The summed E-state index contributed by atoms with van der Waals surface area (Å²) in [5, 5.41) is 0.911. The van der Waals surface area contributed by atoms with E-state index in [1.807, 2.05) is 49.5 Å². The molecule has 6 rings (SSSR count). The minimum atomic E-state index is -4.02. The molecule has 6 aromatic rings. The summed E-state index contributed by atoms with van der Waals surface area (Å²) in [7, 11) is -4.26. The van der Waals surface area contributed by atoms with Crippen molar-refractivity contribution >= 4 is 47.9 Å². The van der Waals surface area contributed by atoms with E-state index >= 15 is 0 Å². The van der Waals surface area contributed by atoms with Crippen LogP contribution in [0.1, 0.15) is 12.5 Å². The minimum Gasteiger partial charge on any atom is -0.399 e. The lowest BCUT2D eigenvalue weighted by atomic mass is 10.0. The van der Waals surface area contributed by atoms with Crippen LogP contribution in [0, 0.1) is 6.92 Å². The number of nitrogens with zero attached hydrogens (tertiary/aromatic N) is 4. The van der Waals surface area contributed by atoms with Gasteiger partial charge >= 0.3 is 5.69 Å². The van der Waals surface area contributed by atoms with E-state index in [2.05, 4.69) is 20.2 Å². The van der Waals surface area contributed by atoms with Gasteiger partial charge in [0.15, 0.2) is 0 Å². The van der Waals surface area contributed by atoms with Crippen molar-refractivity contribution in [3.63, 3.8) is 0 Å². The number of aromatic nitrogens is 4. The Balaban J connectivity index is 0.000000220. The van der Waals surface area contributed by atoms with Gasteiger partial charge in [0.05, 0.1) is 46.2 Å². The molecule has 3 aromatic carbocycles. The maximum atomic E-state index is 13.0. The fourth-order valence-corrected chi connectivity index (χ4v) is 5.12. The average molecular weight is 664 g/mol. The number of nitrogens with two attached hydrogens (primary N) is 1. The summed E-state index contributed by atoms with van der Waals surface area (Å²) < 4.78 is 57.2. The molecule has 3 aromatic heterocycles. The van der Waals surface area contributed by atoms with Crippen molar-refractivity contribution in [2.45, 2.75) is 18.7 Å². The third-order valence-corrected chi connectivity index (χ3v) is 9.04. The zero-order chi connectivity index (χ0) is 33.6. The lowest BCUT2D eigenvalue weighted by Crippen LogP contribution is -2.20.